The molecule has 0 aromatic carbocycles. The van der Waals surface area contributed by atoms with Gasteiger partial charge < -0.3 is 5.73 Å². The van der Waals surface area contributed by atoms with E-state index >= 15 is 0 Å². The molecule has 1 atom stereocenters. The van der Waals surface area contributed by atoms with Crippen LogP contribution < -0.4 is 5.73 Å². The zero-order valence-corrected chi connectivity index (χ0v) is 11.7. The third kappa shape index (κ3) is 3.16. The molecule has 2 nitrogen and oxygen atoms in total. The van der Waals surface area contributed by atoms with Gasteiger partial charge in [-0.2, -0.15) is 0 Å². The summed E-state index contributed by atoms with van der Waals surface area (Å²) in [5, 5.41) is 0. The standard InChI is InChI=1S/C15H24N2/c1-7-11(2)13-15(6,16)10-12(8-9-17-13)14(3,4)5/h8-10H,2,7,16H2,1,3-6H3. The van der Waals surface area contributed by atoms with Crippen molar-refractivity contribution < 1.29 is 0 Å². The van der Waals surface area contributed by atoms with E-state index in [1.165, 1.54) is 5.57 Å². The molecule has 17 heavy (non-hydrogen) atoms. The largest absolute Gasteiger partial charge is 0.317 e. The van der Waals surface area contributed by atoms with Gasteiger partial charge >= 0.3 is 0 Å². The molecule has 1 aliphatic heterocycles. The van der Waals surface area contributed by atoms with E-state index in [0.717, 1.165) is 17.7 Å². The van der Waals surface area contributed by atoms with Gasteiger partial charge in [-0.05, 0) is 36.0 Å². The molecule has 0 radical (unpaired) electrons. The fraction of sp³-hybridized carbons (Fsp3) is 0.533. The second-order valence-electron chi connectivity index (χ2n) is 5.88. The third-order valence-corrected chi connectivity index (χ3v) is 3.05. The van der Waals surface area contributed by atoms with Crippen molar-refractivity contribution in [2.24, 2.45) is 16.1 Å². The van der Waals surface area contributed by atoms with Crippen LogP contribution in [0.1, 0.15) is 41.0 Å². The van der Waals surface area contributed by atoms with Gasteiger partial charge in [0.15, 0.2) is 0 Å². The van der Waals surface area contributed by atoms with E-state index in [4.69, 9.17) is 5.73 Å². The Balaban J connectivity index is 3.21. The maximum atomic E-state index is 6.38. The second kappa shape index (κ2) is 4.61. The summed E-state index contributed by atoms with van der Waals surface area (Å²) in [5.74, 6) is 0. The van der Waals surface area contributed by atoms with Crippen molar-refractivity contribution in [3.8, 4) is 0 Å². The van der Waals surface area contributed by atoms with Crippen molar-refractivity contribution in [3.63, 3.8) is 0 Å². The Morgan fingerprint density at radius 2 is 2.06 bits per heavy atom. The molecule has 0 fully saturated rings. The highest BCUT2D eigenvalue weighted by Crippen LogP contribution is 2.30. The van der Waals surface area contributed by atoms with Gasteiger partial charge in [0.2, 0.25) is 0 Å². The second-order valence-corrected chi connectivity index (χ2v) is 5.88. The average molecular weight is 232 g/mol. The zero-order valence-electron chi connectivity index (χ0n) is 11.7. The van der Waals surface area contributed by atoms with Crippen molar-refractivity contribution in [3.05, 3.63) is 36.1 Å². The lowest BCUT2D eigenvalue weighted by Crippen LogP contribution is -2.44. The molecule has 0 amide bonds. The van der Waals surface area contributed by atoms with E-state index in [0.29, 0.717) is 0 Å². The number of nitrogens with two attached hydrogens (primary N) is 1. The normalized spacial score (nSPS) is 25.1. The first-order chi connectivity index (χ1) is 7.68. The molecule has 1 heterocycles. The van der Waals surface area contributed by atoms with E-state index < -0.39 is 5.54 Å². The van der Waals surface area contributed by atoms with Crippen LogP contribution >= 0.6 is 0 Å². The zero-order chi connectivity index (χ0) is 13.3. The molecule has 0 spiro atoms. The number of nitrogens with zero attached hydrogens (tertiary/aromatic N) is 1. The van der Waals surface area contributed by atoms with Crippen molar-refractivity contribution in [1.29, 1.82) is 0 Å². The van der Waals surface area contributed by atoms with Crippen LogP contribution in [-0.4, -0.2) is 11.3 Å². The molecule has 0 bridgehead atoms. The van der Waals surface area contributed by atoms with Gasteiger partial charge in [-0.15, -0.1) is 0 Å². The Hall–Kier alpha value is -1.15. The predicted molar refractivity (Wildman–Crippen MR) is 76.1 cm³/mol. The fourth-order valence-electron chi connectivity index (χ4n) is 1.88. The van der Waals surface area contributed by atoms with Crippen molar-refractivity contribution in [1.82, 2.24) is 0 Å². The van der Waals surface area contributed by atoms with Gasteiger partial charge in [0.25, 0.3) is 0 Å². The van der Waals surface area contributed by atoms with Gasteiger partial charge in [-0.25, -0.2) is 0 Å². The Morgan fingerprint density at radius 1 is 1.47 bits per heavy atom. The van der Waals surface area contributed by atoms with E-state index in [1.54, 1.807) is 0 Å². The number of allylic oxidation sites excluding steroid dienone is 2. The summed E-state index contributed by atoms with van der Waals surface area (Å²) >= 11 is 0. The molecule has 1 aliphatic rings. The van der Waals surface area contributed by atoms with Gasteiger partial charge in [-0.3, -0.25) is 4.99 Å². The van der Waals surface area contributed by atoms with E-state index in [1.807, 2.05) is 19.2 Å². The molecule has 0 aromatic heterocycles. The average Bonchev–Trinajstić information content (AvgIpc) is 2.34. The lowest BCUT2D eigenvalue weighted by molar-refractivity contribution is 0.511. The monoisotopic (exact) mass is 232 g/mol. The minimum atomic E-state index is -0.542. The number of hydrogen-bond donors (Lipinski definition) is 1. The van der Waals surface area contributed by atoms with Gasteiger partial charge in [0.05, 0.1) is 11.3 Å². The smallest absolute Gasteiger partial charge is 0.0748 e. The van der Waals surface area contributed by atoms with Crippen LogP contribution in [0.15, 0.2) is 41.1 Å². The van der Waals surface area contributed by atoms with E-state index in [9.17, 15) is 0 Å². The molecule has 1 rings (SSSR count). The van der Waals surface area contributed by atoms with Crippen LogP contribution in [-0.2, 0) is 0 Å². The highest BCUT2D eigenvalue weighted by molar-refractivity contribution is 6.08. The Labute approximate surface area is 105 Å². The maximum absolute atomic E-state index is 6.38. The van der Waals surface area contributed by atoms with Crippen LogP contribution in [0.5, 0.6) is 0 Å². The summed E-state index contributed by atoms with van der Waals surface area (Å²) < 4.78 is 0. The molecule has 94 valence electrons. The number of aliphatic imine (C=N–C) groups is 1. The SMILES string of the molecule is C=C(CC)C1=NC=CC(C(C)(C)C)=CC1(C)N. The summed E-state index contributed by atoms with van der Waals surface area (Å²) in [6, 6.07) is 0. The lowest BCUT2D eigenvalue weighted by Gasteiger charge is -2.27. The minimum absolute atomic E-state index is 0.0790. The molecule has 1 unspecified atom stereocenters. The first-order valence-corrected chi connectivity index (χ1v) is 6.13. The Kier molecular flexibility index (Phi) is 3.78. The topological polar surface area (TPSA) is 38.4 Å². The summed E-state index contributed by atoms with van der Waals surface area (Å²) in [4.78, 5) is 4.47. The Bertz CT molecular complexity index is 401. The summed E-state index contributed by atoms with van der Waals surface area (Å²) in [6.07, 6.45) is 6.86. The van der Waals surface area contributed by atoms with Crippen LogP contribution in [0.2, 0.25) is 0 Å². The molecule has 0 aromatic rings. The summed E-state index contributed by atoms with van der Waals surface area (Å²) in [5.41, 5.74) is 9.02. The highest BCUT2D eigenvalue weighted by Gasteiger charge is 2.28. The number of hydrogen-bond acceptors (Lipinski definition) is 2. The molecular weight excluding hydrogens is 208 g/mol. The lowest BCUT2D eigenvalue weighted by atomic mass is 9.81. The maximum Gasteiger partial charge on any atom is 0.0748 e. The predicted octanol–water partition coefficient (Wildman–Crippen LogP) is 3.61. The van der Waals surface area contributed by atoms with Crippen molar-refractivity contribution in [2.45, 2.75) is 46.6 Å². The molecule has 2 N–H and O–H groups in total. The highest BCUT2D eigenvalue weighted by atomic mass is 14.8. The molecule has 0 saturated heterocycles. The van der Waals surface area contributed by atoms with Crippen LogP contribution in [0.4, 0.5) is 0 Å². The fourth-order valence-corrected chi connectivity index (χ4v) is 1.88. The van der Waals surface area contributed by atoms with Crippen molar-refractivity contribution >= 4 is 5.71 Å². The van der Waals surface area contributed by atoms with Gasteiger partial charge in [-0.1, -0.05) is 40.3 Å². The van der Waals surface area contributed by atoms with Crippen LogP contribution in [0, 0.1) is 5.41 Å². The summed E-state index contributed by atoms with van der Waals surface area (Å²) in [6.45, 7) is 14.7. The van der Waals surface area contributed by atoms with Crippen LogP contribution in [0.25, 0.3) is 0 Å². The first kappa shape index (κ1) is 13.9. The third-order valence-electron chi connectivity index (χ3n) is 3.05. The van der Waals surface area contributed by atoms with Gasteiger partial charge in [0.1, 0.15) is 0 Å². The minimum Gasteiger partial charge on any atom is -0.317 e. The van der Waals surface area contributed by atoms with E-state index in [2.05, 4.69) is 45.3 Å². The molecule has 2 heteroatoms. The van der Waals surface area contributed by atoms with Crippen molar-refractivity contribution in [2.75, 3.05) is 0 Å². The van der Waals surface area contributed by atoms with Gasteiger partial charge in [0, 0.05) is 6.20 Å². The van der Waals surface area contributed by atoms with Crippen LogP contribution in [0.3, 0.4) is 0 Å². The quantitative estimate of drug-likeness (QED) is 0.776. The molecule has 0 saturated carbocycles. The molecule has 0 aliphatic carbocycles. The number of rotatable bonds is 2. The summed E-state index contributed by atoms with van der Waals surface area (Å²) in [7, 11) is 0. The molecular formula is C15H24N2. The first-order valence-electron chi connectivity index (χ1n) is 6.13. The Morgan fingerprint density at radius 3 is 2.53 bits per heavy atom. The van der Waals surface area contributed by atoms with E-state index in [-0.39, 0.29) is 5.41 Å².